The van der Waals surface area contributed by atoms with Crippen molar-refractivity contribution in [2.24, 2.45) is 80.8 Å². The number of amides is 2. The van der Waals surface area contributed by atoms with E-state index in [0.29, 0.717) is 109 Å². The molecule has 614 valence electrons. The SMILES string of the molecule is C=CC1C[C@]1(CC(=O)[C@@H]1CC(Oc2cc(-c3csc(CC(C)C)n3)nc3c(Cl)c(OC)ccc23)CN1C(=O)[C@@H](CC(=O)OC1C2C=CC1CC2)C(C)(C)C)C(=O)O.C=CC1C[C@]1(CC(=O)[C@@H]1CC(Oc2cc(-c3csc(CC(C)C)n3)nc3cc(OCC(C)=O)ccc23)CN1C(=O)[C@@H](CC(=O)OC1C[C@@H]2C[C@@H]2C1)C(C)(C)C)C(=O)O. The third-order valence-corrected chi connectivity index (χ3v) is 26.7. The fraction of sp³-hybridized carbons (Fsp3) is 0.562. The van der Waals surface area contributed by atoms with Crippen molar-refractivity contribution in [1.82, 2.24) is 29.7 Å². The van der Waals surface area contributed by atoms with Gasteiger partial charge in [0.1, 0.15) is 59.0 Å². The van der Waals surface area contributed by atoms with Gasteiger partial charge in [0.05, 0.1) is 112 Å². The van der Waals surface area contributed by atoms with Crippen LogP contribution in [0.3, 0.4) is 0 Å². The van der Waals surface area contributed by atoms with Crippen LogP contribution in [0.5, 0.6) is 23.0 Å². The standard InChI is InChI=1S/C45H55N3O9S.C44H52ClN3O8S/c1-8-28-19-45(28,43(53)54)20-38(50)37-16-31(21-48(37)42(52)33(44(5,6)7)17-41(51)57-30-13-26-12-27(26)14-30)56-39-18-35(36-23-58-40(47-36)11-24(2)3)46-34-15-29(9-10-32(34)39)55-22-25(4)49;1-8-26-19-44(26,42(52)53)20-33(49)32-16-27(21-48(32)41(51)29(43(4,5)6)17-37(50)56-40-24-9-10-25(40)12-11-24)55-35-18-30(31-22-57-36(46-31)15-23(2)3)47-39-28(35)13-14-34(54-7)38(39)45/h8-10,15,18,23-24,26-28,30-31,33,37H,1,11-14,16-17,19-22H2,2-7H3,(H,53,54);8-10,13-14,18,22-27,29,32,40H,1,11-12,15-17,19-21H2,2-7H3,(H,52,53)/t26-,27+,28?,30?,31?,33-,37+,45-;24?,25?,26?,27?,29-,32+,40?,44-/m11/s1. The molecule has 0 spiro atoms. The number of Topliss-reactive ketones (excluding diaryl/α,β-unsaturated/α-hetero) is 3. The van der Waals surface area contributed by atoms with Crippen LogP contribution in [-0.4, -0.2) is 156 Å². The molecule has 14 rings (SSSR count). The first-order valence-corrected chi connectivity index (χ1v) is 42.5. The summed E-state index contributed by atoms with van der Waals surface area (Å²) < 4.78 is 36.7. The number of ketones is 3. The maximum atomic E-state index is 14.8. The first-order chi connectivity index (χ1) is 54.5. The van der Waals surface area contributed by atoms with Gasteiger partial charge in [-0.25, -0.2) is 19.9 Å². The summed E-state index contributed by atoms with van der Waals surface area (Å²) in [4.78, 5) is 144. The molecular formula is C89H107ClN6O17S2. The predicted octanol–water partition coefficient (Wildman–Crippen LogP) is 15.9. The Kier molecular flexibility index (Phi) is 24.5. The van der Waals surface area contributed by atoms with Crippen molar-refractivity contribution in [2.75, 3.05) is 26.8 Å². The molecule has 7 unspecified atom stereocenters. The number of nitrogens with zero attached hydrogens (tertiary/aromatic N) is 6. The van der Waals surface area contributed by atoms with Crippen molar-refractivity contribution < 1.29 is 81.8 Å². The van der Waals surface area contributed by atoms with E-state index in [0.717, 1.165) is 48.5 Å². The fourth-order valence-corrected chi connectivity index (χ4v) is 20.1. The number of methoxy groups -OCH3 is 1. The molecular weight excluding hydrogens is 1520 g/mol. The lowest BCUT2D eigenvalue weighted by Gasteiger charge is -2.35. The van der Waals surface area contributed by atoms with Gasteiger partial charge in [0, 0.05) is 90.1 Å². The van der Waals surface area contributed by atoms with Gasteiger partial charge in [-0.1, -0.05) is 105 Å². The Morgan fingerprint density at radius 1 is 0.609 bits per heavy atom. The number of carboxylic acids is 2. The molecule has 2 aliphatic heterocycles. The molecule has 115 heavy (non-hydrogen) atoms. The lowest BCUT2D eigenvalue weighted by molar-refractivity contribution is -0.158. The topological polar surface area (TPSA) is 308 Å². The highest BCUT2D eigenvalue weighted by atomic mass is 35.5. The van der Waals surface area contributed by atoms with Crippen LogP contribution in [-0.2, 0) is 65.5 Å². The number of hydrogen-bond acceptors (Lipinski definition) is 21. The lowest BCUT2D eigenvalue weighted by atomic mass is 9.77. The predicted molar refractivity (Wildman–Crippen MR) is 437 cm³/mol. The molecule has 23 nitrogen and oxygen atoms in total. The number of hydrogen-bond donors (Lipinski definition) is 2. The summed E-state index contributed by atoms with van der Waals surface area (Å²) in [6.45, 7) is 28.9. The average molecular weight is 1630 g/mol. The first kappa shape index (κ1) is 84.0. The zero-order valence-corrected chi connectivity index (χ0v) is 70.2. The molecule has 2 saturated heterocycles. The fourth-order valence-electron chi connectivity index (χ4n) is 17.8. The molecule has 4 aromatic heterocycles. The number of fused-ring (bicyclic) bond motifs is 5. The summed E-state index contributed by atoms with van der Waals surface area (Å²) in [7, 11) is 1.53. The number of carbonyl (C=O) groups is 9. The largest absolute Gasteiger partial charge is 0.495 e. The van der Waals surface area contributed by atoms with E-state index in [2.05, 4.69) is 53.0 Å². The molecule has 7 fully saturated rings. The second-order valence-corrected chi connectivity index (χ2v) is 38.5. The van der Waals surface area contributed by atoms with Crippen LogP contribution in [0.2, 0.25) is 5.02 Å². The van der Waals surface area contributed by atoms with E-state index in [-0.39, 0.29) is 123 Å². The summed E-state index contributed by atoms with van der Waals surface area (Å²) in [5.41, 5.74) is -0.410. The van der Waals surface area contributed by atoms with Crippen LogP contribution in [0.1, 0.15) is 170 Å². The lowest BCUT2D eigenvalue weighted by Crippen LogP contribution is -2.48. The van der Waals surface area contributed by atoms with Gasteiger partial charge in [-0.05, 0) is 122 Å². The van der Waals surface area contributed by atoms with Crippen molar-refractivity contribution in [3.8, 4) is 45.8 Å². The number of allylic oxidation sites excluding steroid dienone is 2. The molecule has 0 radical (unpaired) electrons. The van der Waals surface area contributed by atoms with Crippen molar-refractivity contribution in [3.63, 3.8) is 0 Å². The number of aromatic nitrogens is 4. The first-order valence-electron chi connectivity index (χ1n) is 40.4. The molecule has 5 saturated carbocycles. The number of halogens is 1. The Hall–Kier alpha value is -8.94. The third kappa shape index (κ3) is 18.4. The van der Waals surface area contributed by atoms with Gasteiger partial charge in [0.25, 0.3) is 0 Å². The quantitative estimate of drug-likeness (QED) is 0.0293. The van der Waals surface area contributed by atoms with Crippen molar-refractivity contribution in [3.05, 3.63) is 106 Å². The van der Waals surface area contributed by atoms with Gasteiger partial charge in [-0.15, -0.1) is 35.8 Å². The van der Waals surface area contributed by atoms with Crippen LogP contribution < -0.4 is 18.9 Å². The normalized spacial score (nSPS) is 26.7. The molecule has 2 N–H and O–H groups in total. The van der Waals surface area contributed by atoms with E-state index in [4.69, 9.17) is 60.0 Å². The van der Waals surface area contributed by atoms with E-state index in [9.17, 15) is 53.4 Å². The van der Waals surface area contributed by atoms with E-state index < -0.39 is 81.7 Å². The van der Waals surface area contributed by atoms with Gasteiger partial charge in [-0.2, -0.15) is 0 Å². The van der Waals surface area contributed by atoms with E-state index in [1.807, 2.05) is 64.4 Å². The summed E-state index contributed by atoms with van der Waals surface area (Å²) in [5.74, 6) is -2.57. The van der Waals surface area contributed by atoms with Crippen molar-refractivity contribution in [1.29, 1.82) is 0 Å². The van der Waals surface area contributed by atoms with Gasteiger partial charge in [-0.3, -0.25) is 43.2 Å². The number of pyridine rings is 2. The zero-order chi connectivity index (χ0) is 82.7. The number of rotatable bonds is 32. The Balaban J connectivity index is 0.000000200. The van der Waals surface area contributed by atoms with Crippen LogP contribution in [0.15, 0.2) is 90.7 Å². The van der Waals surface area contributed by atoms with Crippen LogP contribution >= 0.6 is 34.3 Å². The Morgan fingerprint density at radius 3 is 1.53 bits per heavy atom. The van der Waals surface area contributed by atoms with E-state index >= 15 is 0 Å². The van der Waals surface area contributed by atoms with Gasteiger partial charge in [0.2, 0.25) is 11.8 Å². The zero-order valence-electron chi connectivity index (χ0n) is 67.8. The average Bonchev–Trinajstić information content (AvgIpc) is 1.60. The van der Waals surface area contributed by atoms with Crippen LogP contribution in [0, 0.1) is 80.8 Å². The smallest absolute Gasteiger partial charge is 0.310 e. The van der Waals surface area contributed by atoms with Crippen molar-refractivity contribution in [2.45, 2.75) is 209 Å². The molecule has 2 aromatic carbocycles. The highest BCUT2D eigenvalue weighted by molar-refractivity contribution is 7.10. The number of aliphatic carboxylic acids is 2. The monoisotopic (exact) mass is 1630 g/mol. The van der Waals surface area contributed by atoms with Crippen LogP contribution in [0.25, 0.3) is 44.6 Å². The number of ether oxygens (including phenoxy) is 6. The molecule has 26 heteroatoms. The highest BCUT2D eigenvalue weighted by Gasteiger charge is 2.63. The highest BCUT2D eigenvalue weighted by Crippen LogP contribution is 2.59. The number of thiazole rings is 2. The number of benzene rings is 2. The number of esters is 2. The molecule has 6 aromatic rings. The van der Waals surface area contributed by atoms with Gasteiger partial charge < -0.3 is 48.4 Å². The minimum Gasteiger partial charge on any atom is -0.495 e. The molecule has 6 aliphatic carbocycles. The summed E-state index contributed by atoms with van der Waals surface area (Å²) in [6.07, 6.45) is 12.3. The summed E-state index contributed by atoms with van der Waals surface area (Å²) >= 11 is 9.96. The maximum Gasteiger partial charge on any atom is 0.310 e. The Bertz CT molecular complexity index is 4820. The summed E-state index contributed by atoms with van der Waals surface area (Å²) in [5, 5.41) is 27.8. The van der Waals surface area contributed by atoms with Crippen LogP contribution in [0.4, 0.5) is 0 Å². The van der Waals surface area contributed by atoms with E-state index in [1.54, 1.807) is 65.2 Å². The second-order valence-electron chi connectivity index (χ2n) is 36.2. The molecule has 2 amide bonds. The van der Waals surface area contributed by atoms with Gasteiger partial charge in [0.15, 0.2) is 17.3 Å². The minimum atomic E-state index is -1.26. The number of likely N-dealkylation sites (tertiary alicyclic amines) is 2. The number of carboxylic acid groups (broad SMARTS) is 2. The maximum absolute atomic E-state index is 14.8. The molecule has 8 aliphatic rings. The minimum absolute atomic E-state index is 0.0385. The Labute approximate surface area is 684 Å². The molecule has 6 heterocycles. The summed E-state index contributed by atoms with van der Waals surface area (Å²) in [6, 6.07) is 10.5. The van der Waals surface area contributed by atoms with Gasteiger partial charge >= 0.3 is 23.9 Å². The van der Waals surface area contributed by atoms with Crippen molar-refractivity contribution >= 4 is 109 Å². The molecule has 2 bridgehead atoms. The molecule has 15 atom stereocenters. The Morgan fingerprint density at radius 2 is 1.09 bits per heavy atom. The third-order valence-electron chi connectivity index (χ3n) is 24.6. The second kappa shape index (κ2) is 33.6. The van der Waals surface area contributed by atoms with E-state index in [1.165, 1.54) is 30.3 Å². The number of carbonyl (C=O) groups excluding carboxylic acids is 7.